The summed E-state index contributed by atoms with van der Waals surface area (Å²) >= 11 is 0. The Kier molecular flexibility index (Phi) is 9.53. The van der Waals surface area contributed by atoms with Crippen molar-refractivity contribution in [1.82, 2.24) is 15.2 Å². The van der Waals surface area contributed by atoms with Crippen LogP contribution in [0.25, 0.3) is 0 Å². The maximum atomic E-state index is 12.3. The number of rotatable bonds is 10. The van der Waals surface area contributed by atoms with Gasteiger partial charge in [0.05, 0.1) is 12.6 Å². The number of amides is 2. The Morgan fingerprint density at radius 2 is 2.03 bits per heavy atom. The van der Waals surface area contributed by atoms with Crippen LogP contribution in [0.15, 0.2) is 12.1 Å². The number of likely N-dealkylation sites (tertiary alicyclic amines) is 1. The van der Waals surface area contributed by atoms with Crippen molar-refractivity contribution >= 4 is 24.0 Å². The lowest BCUT2D eigenvalue weighted by atomic mass is 9.79. The van der Waals surface area contributed by atoms with Crippen LogP contribution in [0, 0.1) is 5.92 Å². The second-order valence-corrected chi connectivity index (χ2v) is 11.8. The van der Waals surface area contributed by atoms with Crippen molar-refractivity contribution in [3.63, 3.8) is 0 Å². The molecule has 1 aromatic rings. The first kappa shape index (κ1) is 28.9. The van der Waals surface area contributed by atoms with Crippen molar-refractivity contribution in [3.8, 4) is 0 Å². The fourth-order valence-electron chi connectivity index (χ4n) is 5.16. The number of carboxylic acid groups (broad SMARTS) is 1. The summed E-state index contributed by atoms with van der Waals surface area (Å²) in [5.41, 5.74) is 1.81. The highest BCUT2D eigenvalue weighted by molar-refractivity contribution is 5.80. The Morgan fingerprint density at radius 3 is 2.77 bits per heavy atom. The molecule has 0 radical (unpaired) electrons. The van der Waals surface area contributed by atoms with E-state index in [1.165, 1.54) is 10.5 Å². The average molecular weight is 547 g/mol. The highest BCUT2D eigenvalue weighted by Crippen LogP contribution is 2.34. The Hall–Kier alpha value is -3.08. The maximum absolute atomic E-state index is 12.3. The van der Waals surface area contributed by atoms with Crippen molar-refractivity contribution in [2.24, 2.45) is 5.92 Å². The normalized spacial score (nSPS) is 23.2. The van der Waals surface area contributed by atoms with E-state index in [1.807, 2.05) is 0 Å². The third kappa shape index (κ3) is 8.71. The van der Waals surface area contributed by atoms with Crippen molar-refractivity contribution in [1.29, 1.82) is 0 Å². The quantitative estimate of drug-likeness (QED) is 0.400. The number of ether oxygens (including phenoxy) is 3. The summed E-state index contributed by atoms with van der Waals surface area (Å²) in [5, 5.41) is 15.3. The summed E-state index contributed by atoms with van der Waals surface area (Å²) in [5.74, 6) is 0.469. The van der Waals surface area contributed by atoms with Crippen LogP contribution in [0.2, 0.25) is 0 Å². The van der Waals surface area contributed by atoms with E-state index in [0.29, 0.717) is 18.9 Å². The number of carboxylic acids is 1. The first-order chi connectivity index (χ1) is 18.6. The number of nitrogens with zero attached hydrogens (tertiary/aromatic N) is 2. The molecule has 2 atom stereocenters. The predicted octanol–water partition coefficient (Wildman–Crippen LogP) is 3.75. The molecule has 3 heterocycles. The van der Waals surface area contributed by atoms with Crippen LogP contribution in [0.4, 0.5) is 15.4 Å². The Balaban J connectivity index is 1.09. The number of carbonyl (C=O) groups excluding carboxylic acids is 2. The molecule has 0 bridgehead atoms. The zero-order valence-electron chi connectivity index (χ0n) is 23.2. The number of aliphatic carboxylic acids is 1. The highest BCUT2D eigenvalue weighted by Gasteiger charge is 2.33. The lowest BCUT2D eigenvalue weighted by Gasteiger charge is -2.35. The van der Waals surface area contributed by atoms with E-state index in [2.05, 4.69) is 22.8 Å². The molecule has 1 aliphatic carbocycles. The highest BCUT2D eigenvalue weighted by atomic mass is 16.6. The van der Waals surface area contributed by atoms with Gasteiger partial charge in [0.15, 0.2) is 0 Å². The van der Waals surface area contributed by atoms with E-state index >= 15 is 0 Å². The molecule has 11 nitrogen and oxygen atoms in total. The van der Waals surface area contributed by atoms with Gasteiger partial charge in [-0.2, -0.15) is 0 Å². The second-order valence-electron chi connectivity index (χ2n) is 11.8. The van der Waals surface area contributed by atoms with Crippen molar-refractivity contribution in [3.05, 3.63) is 23.4 Å². The van der Waals surface area contributed by atoms with E-state index in [1.54, 1.807) is 20.8 Å². The molecule has 2 amide bonds. The number of alkyl carbamates (subject to hydrolysis) is 1. The molecule has 0 aromatic carbocycles. The number of aromatic nitrogens is 1. The monoisotopic (exact) mass is 546 g/mol. The fraction of sp³-hybridized carbons (Fsp3) is 0.714. The van der Waals surface area contributed by atoms with Gasteiger partial charge in [0.1, 0.15) is 23.6 Å². The third-order valence-corrected chi connectivity index (χ3v) is 7.37. The fourth-order valence-corrected chi connectivity index (χ4v) is 5.16. The van der Waals surface area contributed by atoms with Crippen molar-refractivity contribution in [2.45, 2.75) is 96.0 Å². The molecule has 2 fully saturated rings. The number of hydrogen-bond donors (Lipinski definition) is 3. The van der Waals surface area contributed by atoms with E-state index in [4.69, 9.17) is 19.2 Å². The van der Waals surface area contributed by atoms with Crippen LogP contribution in [-0.2, 0) is 31.8 Å². The summed E-state index contributed by atoms with van der Waals surface area (Å²) < 4.78 is 16.6. The van der Waals surface area contributed by atoms with Crippen LogP contribution >= 0.6 is 0 Å². The van der Waals surface area contributed by atoms with Gasteiger partial charge in [-0.3, -0.25) is 0 Å². The Labute approximate surface area is 230 Å². The maximum Gasteiger partial charge on any atom is 0.410 e. The molecular weight excluding hydrogens is 504 g/mol. The van der Waals surface area contributed by atoms with Gasteiger partial charge < -0.3 is 34.9 Å². The van der Waals surface area contributed by atoms with Gasteiger partial charge >= 0.3 is 18.2 Å². The molecular formula is C28H42N4O7. The van der Waals surface area contributed by atoms with Crippen LogP contribution in [0.3, 0.4) is 0 Å². The van der Waals surface area contributed by atoms with E-state index in [0.717, 1.165) is 56.6 Å². The van der Waals surface area contributed by atoms with E-state index < -0.39 is 35.9 Å². The number of hydrogen-bond acceptors (Lipinski definition) is 8. The molecule has 3 aliphatic rings. The minimum Gasteiger partial charge on any atom is -0.480 e. The van der Waals surface area contributed by atoms with E-state index in [9.17, 15) is 19.5 Å². The summed E-state index contributed by atoms with van der Waals surface area (Å²) in [6, 6.07) is 3.21. The molecule has 1 aromatic heterocycles. The topological polar surface area (TPSA) is 139 Å². The largest absolute Gasteiger partial charge is 0.480 e. The number of pyridine rings is 1. The molecule has 39 heavy (non-hydrogen) atoms. The molecule has 3 N–H and O–H groups in total. The van der Waals surface area contributed by atoms with Crippen LogP contribution in [0.1, 0.15) is 70.6 Å². The van der Waals surface area contributed by atoms with Gasteiger partial charge in [0.2, 0.25) is 0 Å². The smallest absolute Gasteiger partial charge is 0.410 e. The van der Waals surface area contributed by atoms with Crippen molar-refractivity contribution < 1.29 is 33.7 Å². The Bertz CT molecular complexity index is 1020. The first-order valence-corrected chi connectivity index (χ1v) is 14.1. The molecule has 216 valence electrons. The summed E-state index contributed by atoms with van der Waals surface area (Å²) in [7, 11) is 0. The summed E-state index contributed by atoms with van der Waals surface area (Å²) in [6.45, 7) is 7.20. The van der Waals surface area contributed by atoms with Gasteiger partial charge in [-0.05, 0) is 76.8 Å². The number of fused-ring (bicyclic) bond motifs is 1. The van der Waals surface area contributed by atoms with E-state index in [-0.39, 0.29) is 25.7 Å². The minimum absolute atomic E-state index is 0.117. The zero-order valence-corrected chi connectivity index (χ0v) is 23.2. The second kappa shape index (κ2) is 12.8. The molecule has 11 heteroatoms. The number of anilines is 1. The Morgan fingerprint density at radius 1 is 1.23 bits per heavy atom. The first-order valence-electron chi connectivity index (χ1n) is 14.1. The van der Waals surface area contributed by atoms with Gasteiger partial charge in [0.25, 0.3) is 0 Å². The van der Waals surface area contributed by atoms with Crippen LogP contribution < -0.4 is 10.6 Å². The minimum atomic E-state index is -1.14. The standard InChI is InChI=1S/C28H42N4O7/c1-28(2,3)39-27(36)32-13-10-21(17-32)38-26(35)31-23(25(33)34)11-14-37-22-15-18(16-22)6-8-20-9-7-19-5-4-12-29-24(19)30-20/h7,9,18,21-23H,4-6,8,10-17H2,1-3H3,(H,29,30)(H,31,35)(H,33,34)/t18?,21-,22?,23+/m1/s1. The molecule has 2 aliphatic heterocycles. The van der Waals surface area contributed by atoms with Crippen LogP contribution in [0.5, 0.6) is 0 Å². The van der Waals surface area contributed by atoms with Gasteiger partial charge in [-0.15, -0.1) is 0 Å². The third-order valence-electron chi connectivity index (χ3n) is 7.37. The van der Waals surface area contributed by atoms with Gasteiger partial charge in [-0.1, -0.05) is 6.07 Å². The molecule has 0 unspecified atom stereocenters. The lowest BCUT2D eigenvalue weighted by Crippen LogP contribution is -2.44. The number of aryl methyl sites for hydroxylation is 2. The summed E-state index contributed by atoms with van der Waals surface area (Å²) in [4.78, 5) is 42.4. The SMILES string of the molecule is CC(C)(C)OC(=O)N1CC[C@@H](OC(=O)N[C@@H](CCOC2CC(CCc3ccc4c(n3)NCCC4)C2)C(=O)O)C1. The predicted molar refractivity (Wildman–Crippen MR) is 144 cm³/mol. The zero-order chi connectivity index (χ0) is 28.0. The number of carbonyl (C=O) groups is 3. The van der Waals surface area contributed by atoms with Gasteiger partial charge in [0, 0.05) is 38.2 Å². The average Bonchev–Trinajstić information content (AvgIpc) is 3.31. The molecule has 4 rings (SSSR count). The van der Waals surface area contributed by atoms with Gasteiger partial charge in [-0.25, -0.2) is 19.4 Å². The number of nitrogens with one attached hydrogen (secondary N) is 2. The van der Waals surface area contributed by atoms with Crippen LogP contribution in [-0.4, -0.2) is 83.2 Å². The summed E-state index contributed by atoms with van der Waals surface area (Å²) in [6.07, 6.45) is 5.09. The lowest BCUT2D eigenvalue weighted by molar-refractivity contribution is -0.140. The molecule has 0 spiro atoms. The molecule has 1 saturated carbocycles. The van der Waals surface area contributed by atoms with Crippen molar-refractivity contribution in [2.75, 3.05) is 31.6 Å². The molecule has 1 saturated heterocycles.